The molecule has 0 aromatic rings. The molecular formula is C8H18N2. The van der Waals surface area contributed by atoms with Gasteiger partial charge in [-0.2, -0.15) is 0 Å². The van der Waals surface area contributed by atoms with E-state index in [-0.39, 0.29) is 0 Å². The smallest absolute Gasteiger partial charge is 0.0132 e. The zero-order valence-corrected chi connectivity index (χ0v) is 6.82. The number of unbranched alkanes of at least 4 members (excludes halogenated alkanes) is 1. The molecule has 0 bridgehead atoms. The van der Waals surface area contributed by atoms with E-state index in [9.17, 15) is 0 Å². The Bertz CT molecular complexity index is 71.7. The summed E-state index contributed by atoms with van der Waals surface area (Å²) in [7, 11) is 1.98. The second-order valence-electron chi connectivity index (χ2n) is 2.30. The van der Waals surface area contributed by atoms with Crippen LogP contribution in [0.4, 0.5) is 0 Å². The predicted octanol–water partition coefficient (Wildman–Crippen LogP) is 0.762. The molecule has 0 radical (unpaired) electrons. The maximum absolute atomic E-state index is 3.62. The highest BCUT2D eigenvalue weighted by molar-refractivity contribution is 4.69. The van der Waals surface area contributed by atoms with Gasteiger partial charge in [-0.1, -0.05) is 6.08 Å². The van der Waals surface area contributed by atoms with Crippen molar-refractivity contribution in [1.29, 1.82) is 0 Å². The van der Waals surface area contributed by atoms with Crippen LogP contribution in [0, 0.1) is 0 Å². The van der Waals surface area contributed by atoms with Gasteiger partial charge in [-0.15, -0.1) is 6.58 Å². The third kappa shape index (κ3) is 7.66. The Balaban J connectivity index is 2.70. The fourth-order valence-electron chi connectivity index (χ4n) is 0.756. The Morgan fingerprint density at radius 3 is 2.60 bits per heavy atom. The van der Waals surface area contributed by atoms with Gasteiger partial charge in [0.25, 0.3) is 0 Å². The molecule has 60 valence electrons. The van der Waals surface area contributed by atoms with Crippen molar-refractivity contribution in [3.8, 4) is 0 Å². The van der Waals surface area contributed by atoms with E-state index >= 15 is 0 Å². The number of nitrogens with one attached hydrogen (secondary N) is 2. The van der Waals surface area contributed by atoms with Crippen molar-refractivity contribution < 1.29 is 0 Å². The summed E-state index contributed by atoms with van der Waals surface area (Å²) in [6.07, 6.45) is 4.38. The molecule has 0 atom stereocenters. The lowest BCUT2D eigenvalue weighted by Crippen LogP contribution is -2.16. The van der Waals surface area contributed by atoms with Gasteiger partial charge in [-0.3, -0.25) is 0 Å². The molecule has 0 aliphatic rings. The van der Waals surface area contributed by atoms with E-state index in [2.05, 4.69) is 17.2 Å². The minimum atomic E-state index is 0.930. The van der Waals surface area contributed by atoms with E-state index in [0.29, 0.717) is 0 Å². The van der Waals surface area contributed by atoms with Gasteiger partial charge in [0.15, 0.2) is 0 Å². The third-order valence-electron chi connectivity index (χ3n) is 1.32. The normalized spacial score (nSPS) is 9.70. The summed E-state index contributed by atoms with van der Waals surface area (Å²) in [4.78, 5) is 0. The Labute approximate surface area is 63.7 Å². The quantitative estimate of drug-likeness (QED) is 0.405. The van der Waals surface area contributed by atoms with Crippen LogP contribution >= 0.6 is 0 Å². The Morgan fingerprint density at radius 2 is 2.00 bits per heavy atom. The Kier molecular flexibility index (Phi) is 8.37. The maximum Gasteiger partial charge on any atom is 0.0132 e. The van der Waals surface area contributed by atoms with Gasteiger partial charge in [0.2, 0.25) is 0 Å². The molecule has 0 aromatic heterocycles. The Morgan fingerprint density at radius 1 is 1.30 bits per heavy atom. The molecule has 2 nitrogen and oxygen atoms in total. The number of hydrogen-bond acceptors (Lipinski definition) is 2. The van der Waals surface area contributed by atoms with Crippen LogP contribution in [0.1, 0.15) is 12.8 Å². The van der Waals surface area contributed by atoms with Crippen LogP contribution in [0.25, 0.3) is 0 Å². The average Bonchev–Trinajstić information content (AvgIpc) is 1.97. The highest BCUT2D eigenvalue weighted by atomic mass is 14.8. The van der Waals surface area contributed by atoms with Gasteiger partial charge < -0.3 is 10.6 Å². The molecule has 2 N–H and O–H groups in total. The van der Waals surface area contributed by atoms with E-state index < -0.39 is 0 Å². The summed E-state index contributed by atoms with van der Waals surface area (Å²) in [5.41, 5.74) is 0. The second kappa shape index (κ2) is 8.66. The van der Waals surface area contributed by atoms with Crippen molar-refractivity contribution >= 4 is 0 Å². The number of hydrogen-bond donors (Lipinski definition) is 2. The van der Waals surface area contributed by atoms with Crippen molar-refractivity contribution in [2.45, 2.75) is 12.8 Å². The summed E-state index contributed by atoms with van der Waals surface area (Å²) in [5.74, 6) is 0. The third-order valence-corrected chi connectivity index (χ3v) is 1.32. The van der Waals surface area contributed by atoms with Gasteiger partial charge in [0, 0.05) is 6.54 Å². The van der Waals surface area contributed by atoms with Crippen molar-refractivity contribution in [3.05, 3.63) is 12.7 Å². The molecule has 0 saturated carbocycles. The van der Waals surface area contributed by atoms with Crippen LogP contribution in [0.15, 0.2) is 12.7 Å². The molecule has 0 saturated heterocycles. The minimum absolute atomic E-state index is 0.930. The fraction of sp³-hybridized carbons (Fsp3) is 0.750. The minimum Gasteiger partial charge on any atom is -0.320 e. The van der Waals surface area contributed by atoms with Crippen LogP contribution in [-0.4, -0.2) is 26.7 Å². The van der Waals surface area contributed by atoms with Crippen molar-refractivity contribution in [2.75, 3.05) is 26.7 Å². The summed E-state index contributed by atoms with van der Waals surface area (Å²) >= 11 is 0. The van der Waals surface area contributed by atoms with E-state index in [1.165, 1.54) is 12.8 Å². The first-order valence-corrected chi connectivity index (χ1v) is 3.88. The summed E-state index contributed by atoms with van der Waals surface area (Å²) in [6.45, 7) is 6.78. The zero-order chi connectivity index (χ0) is 7.66. The van der Waals surface area contributed by atoms with Crippen LogP contribution in [0.2, 0.25) is 0 Å². The molecule has 2 heteroatoms. The molecule has 0 aliphatic heterocycles. The molecule has 0 rings (SSSR count). The van der Waals surface area contributed by atoms with Gasteiger partial charge in [-0.05, 0) is 33.0 Å². The molecule has 0 spiro atoms. The molecule has 0 fully saturated rings. The summed E-state index contributed by atoms with van der Waals surface area (Å²) < 4.78 is 0. The molecule has 0 unspecified atom stereocenters. The fourth-order valence-corrected chi connectivity index (χ4v) is 0.756. The topological polar surface area (TPSA) is 24.1 Å². The zero-order valence-electron chi connectivity index (χ0n) is 6.82. The largest absolute Gasteiger partial charge is 0.320 e. The molecule has 0 amide bonds. The highest BCUT2D eigenvalue weighted by Gasteiger charge is 1.84. The average molecular weight is 142 g/mol. The SMILES string of the molecule is C=CCNCCCCNC. The summed E-state index contributed by atoms with van der Waals surface area (Å²) in [6, 6.07) is 0. The van der Waals surface area contributed by atoms with Gasteiger partial charge in [-0.25, -0.2) is 0 Å². The first-order chi connectivity index (χ1) is 4.91. The lowest BCUT2D eigenvalue weighted by atomic mass is 10.3. The Hall–Kier alpha value is -0.340. The van der Waals surface area contributed by atoms with Crippen LogP contribution in [0.5, 0.6) is 0 Å². The van der Waals surface area contributed by atoms with Crippen LogP contribution in [-0.2, 0) is 0 Å². The van der Waals surface area contributed by atoms with E-state index in [4.69, 9.17) is 0 Å². The maximum atomic E-state index is 3.62. The molecule has 0 aromatic carbocycles. The van der Waals surface area contributed by atoms with Crippen molar-refractivity contribution in [2.24, 2.45) is 0 Å². The highest BCUT2D eigenvalue weighted by Crippen LogP contribution is 1.82. The summed E-state index contributed by atoms with van der Waals surface area (Å²) in [5, 5.41) is 6.36. The lowest BCUT2D eigenvalue weighted by molar-refractivity contribution is 0.629. The standard InChI is InChI=1S/C8H18N2/c1-3-6-10-8-5-4-7-9-2/h3,9-10H,1,4-8H2,2H3. The van der Waals surface area contributed by atoms with Crippen LogP contribution < -0.4 is 10.6 Å². The second-order valence-corrected chi connectivity index (χ2v) is 2.30. The van der Waals surface area contributed by atoms with Crippen LogP contribution in [0.3, 0.4) is 0 Å². The van der Waals surface area contributed by atoms with E-state index in [0.717, 1.165) is 19.6 Å². The first kappa shape index (κ1) is 9.66. The lowest BCUT2D eigenvalue weighted by Gasteiger charge is -2.00. The van der Waals surface area contributed by atoms with Crippen molar-refractivity contribution in [3.63, 3.8) is 0 Å². The first-order valence-electron chi connectivity index (χ1n) is 3.88. The van der Waals surface area contributed by atoms with E-state index in [1.807, 2.05) is 13.1 Å². The van der Waals surface area contributed by atoms with Gasteiger partial charge in [0.1, 0.15) is 0 Å². The van der Waals surface area contributed by atoms with Crippen molar-refractivity contribution in [1.82, 2.24) is 10.6 Å². The van der Waals surface area contributed by atoms with Gasteiger partial charge in [0.05, 0.1) is 0 Å². The molecule has 10 heavy (non-hydrogen) atoms. The molecule has 0 heterocycles. The molecular weight excluding hydrogens is 124 g/mol. The number of rotatable bonds is 7. The van der Waals surface area contributed by atoms with E-state index in [1.54, 1.807) is 0 Å². The predicted molar refractivity (Wildman–Crippen MR) is 46.2 cm³/mol. The molecule has 0 aliphatic carbocycles. The van der Waals surface area contributed by atoms with Gasteiger partial charge >= 0.3 is 0 Å². The monoisotopic (exact) mass is 142 g/mol.